The van der Waals surface area contributed by atoms with Crippen LogP contribution >= 0.6 is 11.6 Å². The third kappa shape index (κ3) is 6.92. The van der Waals surface area contributed by atoms with E-state index < -0.39 is 40.5 Å². The molecule has 0 bridgehead atoms. The molecule has 38 heavy (non-hydrogen) atoms. The van der Waals surface area contributed by atoms with Crippen LogP contribution in [0.2, 0.25) is 5.02 Å². The first kappa shape index (κ1) is 28.1. The normalized spacial score (nSPS) is 21.6. The summed E-state index contributed by atoms with van der Waals surface area (Å²) in [6, 6.07) is 5.44. The maximum Gasteiger partial charge on any atom is 0.289 e. The molecule has 10 heteroatoms. The van der Waals surface area contributed by atoms with Gasteiger partial charge in [-0.25, -0.2) is 0 Å². The van der Waals surface area contributed by atoms with Gasteiger partial charge < -0.3 is 21.3 Å². The van der Waals surface area contributed by atoms with E-state index >= 15 is 0 Å². The Balaban J connectivity index is 1.69. The van der Waals surface area contributed by atoms with E-state index in [9.17, 15) is 24.0 Å². The summed E-state index contributed by atoms with van der Waals surface area (Å²) in [5, 5.41) is 11.7. The number of hydrogen-bond acceptors (Lipinski definition) is 5. The lowest BCUT2D eigenvalue weighted by Crippen LogP contribution is -2.61. The second-order valence-corrected chi connectivity index (χ2v) is 12.5. The first-order chi connectivity index (χ1) is 17.9. The molecule has 3 fully saturated rings. The second-order valence-electron chi connectivity index (χ2n) is 12.1. The number of ketones is 1. The molecule has 1 aliphatic heterocycles. The topological polar surface area (TPSA) is 133 Å². The number of hydrogen-bond donors (Lipinski definition) is 4. The minimum atomic E-state index is -1.52. The van der Waals surface area contributed by atoms with Crippen LogP contribution in [0, 0.1) is 17.3 Å². The van der Waals surface area contributed by atoms with Crippen molar-refractivity contribution in [3.63, 3.8) is 0 Å². The molecule has 4 N–H and O–H groups in total. The average molecular weight is 545 g/mol. The lowest BCUT2D eigenvalue weighted by molar-refractivity contribution is -0.142. The molecule has 206 valence electrons. The molecule has 3 atom stereocenters. The third-order valence-corrected chi connectivity index (χ3v) is 7.50. The van der Waals surface area contributed by atoms with Crippen LogP contribution in [0.1, 0.15) is 71.3 Å². The van der Waals surface area contributed by atoms with Crippen LogP contribution in [-0.4, -0.2) is 48.0 Å². The fourth-order valence-corrected chi connectivity index (χ4v) is 5.11. The maximum absolute atomic E-state index is 14.3. The van der Waals surface area contributed by atoms with Crippen LogP contribution in [0.3, 0.4) is 0 Å². The maximum atomic E-state index is 14.3. The molecule has 2 saturated carbocycles. The van der Waals surface area contributed by atoms with Gasteiger partial charge in [0, 0.05) is 29.4 Å². The van der Waals surface area contributed by atoms with Crippen LogP contribution in [0.25, 0.3) is 0 Å². The minimum Gasteiger partial charge on any atom is -0.356 e. The van der Waals surface area contributed by atoms with E-state index in [-0.39, 0.29) is 36.6 Å². The number of carbonyl (C=O) groups is 5. The van der Waals surface area contributed by atoms with Crippen molar-refractivity contribution >= 4 is 41.0 Å². The van der Waals surface area contributed by atoms with Crippen molar-refractivity contribution in [1.29, 1.82) is 0 Å². The van der Waals surface area contributed by atoms with E-state index in [2.05, 4.69) is 21.3 Å². The van der Waals surface area contributed by atoms with Gasteiger partial charge in [0.05, 0.1) is 6.04 Å². The summed E-state index contributed by atoms with van der Waals surface area (Å²) < 4.78 is 0. The van der Waals surface area contributed by atoms with E-state index in [4.69, 9.17) is 11.6 Å². The second kappa shape index (κ2) is 11.0. The Morgan fingerprint density at radius 2 is 1.68 bits per heavy atom. The molecule has 3 aliphatic rings. The van der Waals surface area contributed by atoms with Crippen molar-refractivity contribution in [1.82, 2.24) is 21.3 Å². The Kier molecular flexibility index (Phi) is 8.16. The van der Waals surface area contributed by atoms with E-state index in [1.54, 1.807) is 24.3 Å². The number of amides is 4. The SMILES string of the molecule is CC(C)(C)C[C@@](NC(=O)C1CC1)(C(=O)N[C@@H](C[C@@H]1CCNC1=O)C(=O)C(=O)NC1CC1)c1ccc(Cl)cc1. The molecule has 0 radical (unpaired) electrons. The highest BCUT2D eigenvalue weighted by atomic mass is 35.5. The molecular weight excluding hydrogens is 508 g/mol. The number of Topliss-reactive ketones (excluding diaryl/α,β-unsaturated/α-hetero) is 1. The molecule has 0 aromatic heterocycles. The monoisotopic (exact) mass is 544 g/mol. The van der Waals surface area contributed by atoms with Crippen molar-refractivity contribution in [2.75, 3.05) is 6.54 Å². The van der Waals surface area contributed by atoms with Crippen LogP contribution in [-0.2, 0) is 29.5 Å². The van der Waals surface area contributed by atoms with Crippen molar-refractivity contribution < 1.29 is 24.0 Å². The molecule has 0 spiro atoms. The fourth-order valence-electron chi connectivity index (χ4n) is 4.98. The number of nitrogens with one attached hydrogen (secondary N) is 4. The average Bonchev–Trinajstić information content (AvgIpc) is 3.77. The molecule has 1 aromatic rings. The van der Waals surface area contributed by atoms with Crippen LogP contribution < -0.4 is 21.3 Å². The van der Waals surface area contributed by atoms with Gasteiger partial charge in [-0.1, -0.05) is 44.5 Å². The van der Waals surface area contributed by atoms with Gasteiger partial charge in [0.15, 0.2) is 0 Å². The summed E-state index contributed by atoms with van der Waals surface area (Å²) in [7, 11) is 0. The smallest absolute Gasteiger partial charge is 0.289 e. The summed E-state index contributed by atoms with van der Waals surface area (Å²) >= 11 is 6.14. The highest BCUT2D eigenvalue weighted by Gasteiger charge is 2.48. The molecule has 0 unspecified atom stereocenters. The van der Waals surface area contributed by atoms with Crippen LogP contribution in [0.4, 0.5) is 0 Å². The summed E-state index contributed by atoms with van der Waals surface area (Å²) in [5.41, 5.74) is -1.41. The number of rotatable bonds is 11. The molecule has 9 nitrogen and oxygen atoms in total. The van der Waals surface area contributed by atoms with E-state index in [1.807, 2.05) is 20.8 Å². The predicted octanol–water partition coefficient (Wildman–Crippen LogP) is 2.36. The van der Waals surface area contributed by atoms with Gasteiger partial charge in [0.1, 0.15) is 5.54 Å². The van der Waals surface area contributed by atoms with Gasteiger partial charge in [-0.2, -0.15) is 0 Å². The van der Waals surface area contributed by atoms with Gasteiger partial charge in [0.25, 0.3) is 11.8 Å². The Bertz CT molecular complexity index is 1110. The zero-order chi connectivity index (χ0) is 27.7. The van der Waals surface area contributed by atoms with E-state index in [0.717, 1.165) is 25.7 Å². The lowest BCUT2D eigenvalue weighted by Gasteiger charge is -2.39. The molecule has 1 saturated heterocycles. The molecule has 4 rings (SSSR count). The van der Waals surface area contributed by atoms with Gasteiger partial charge in [-0.05, 0) is 68.1 Å². The Morgan fingerprint density at radius 3 is 2.21 bits per heavy atom. The summed E-state index contributed by atoms with van der Waals surface area (Å²) in [6.45, 7) is 6.36. The minimum absolute atomic E-state index is 0.00270. The standard InChI is InChI=1S/C28H37ClN4O5/c1-27(2,3)15-28(33-24(36)16-4-5-16,18-6-8-19(29)9-7-18)26(38)32-21(14-17-12-13-30-23(17)35)22(34)25(37)31-20-10-11-20/h6-9,16-17,20-21H,4-5,10-15H2,1-3H3,(H,30,35)(H,31,37)(H,32,38)(H,33,36)/t17-,21-,28-/m0/s1. The highest BCUT2D eigenvalue weighted by Crippen LogP contribution is 2.38. The van der Waals surface area contributed by atoms with E-state index in [1.165, 1.54) is 0 Å². The van der Waals surface area contributed by atoms with Gasteiger partial charge in [0.2, 0.25) is 17.6 Å². The zero-order valence-electron chi connectivity index (χ0n) is 22.2. The van der Waals surface area contributed by atoms with Gasteiger partial charge in [-0.3, -0.25) is 24.0 Å². The van der Waals surface area contributed by atoms with Gasteiger partial charge in [-0.15, -0.1) is 0 Å². The van der Waals surface area contributed by atoms with Crippen LogP contribution in [0.15, 0.2) is 24.3 Å². The van der Waals surface area contributed by atoms with Crippen molar-refractivity contribution in [3.05, 3.63) is 34.9 Å². The number of carbonyl (C=O) groups excluding carboxylic acids is 5. The first-order valence-corrected chi connectivity index (χ1v) is 13.8. The summed E-state index contributed by atoms with van der Waals surface area (Å²) in [6.07, 6.45) is 3.84. The quantitative estimate of drug-likeness (QED) is 0.317. The Hall–Kier alpha value is -2.94. The number of halogens is 1. The van der Waals surface area contributed by atoms with E-state index in [0.29, 0.717) is 23.6 Å². The zero-order valence-corrected chi connectivity index (χ0v) is 23.0. The van der Waals surface area contributed by atoms with Crippen LogP contribution in [0.5, 0.6) is 0 Å². The first-order valence-electron chi connectivity index (χ1n) is 13.4. The number of benzene rings is 1. The van der Waals surface area contributed by atoms with Crippen molar-refractivity contribution in [2.24, 2.45) is 17.3 Å². The van der Waals surface area contributed by atoms with Crippen molar-refractivity contribution in [2.45, 2.75) is 83.3 Å². The molecule has 4 amide bonds. The third-order valence-electron chi connectivity index (χ3n) is 7.25. The molecule has 2 aliphatic carbocycles. The largest absolute Gasteiger partial charge is 0.356 e. The summed E-state index contributed by atoms with van der Waals surface area (Å²) in [4.78, 5) is 65.8. The molecule has 1 heterocycles. The predicted molar refractivity (Wildman–Crippen MR) is 142 cm³/mol. The molecular formula is C28H37ClN4O5. The Morgan fingerprint density at radius 1 is 1.03 bits per heavy atom. The highest BCUT2D eigenvalue weighted by molar-refractivity contribution is 6.38. The summed E-state index contributed by atoms with van der Waals surface area (Å²) in [5.74, 6) is -3.28. The fraction of sp³-hybridized carbons (Fsp3) is 0.607. The molecule has 1 aromatic carbocycles. The van der Waals surface area contributed by atoms with Gasteiger partial charge >= 0.3 is 0 Å². The lowest BCUT2D eigenvalue weighted by atomic mass is 9.74. The van der Waals surface area contributed by atoms with Crippen molar-refractivity contribution in [3.8, 4) is 0 Å². The Labute approximate surface area is 228 Å².